The lowest BCUT2D eigenvalue weighted by molar-refractivity contribution is -0.327. The van der Waals surface area contributed by atoms with Crippen molar-refractivity contribution in [3.8, 4) is 5.75 Å². The molecule has 3 aromatic rings. The maximum absolute atomic E-state index is 12.2. The lowest BCUT2D eigenvalue weighted by Gasteiger charge is -2.21. The zero-order valence-corrected chi connectivity index (χ0v) is 28.5. The average molecular weight is 764 g/mol. The molecular formula is C32H31F6N3O12. The van der Waals surface area contributed by atoms with Crippen molar-refractivity contribution in [2.75, 3.05) is 36.8 Å². The van der Waals surface area contributed by atoms with E-state index in [0.717, 1.165) is 45.2 Å². The number of hydrogen-bond acceptors (Lipinski definition) is 12. The third kappa shape index (κ3) is 15.7. The summed E-state index contributed by atoms with van der Waals surface area (Å²) < 4.78 is 90.1. The number of hydroxylamine groups is 2. The van der Waals surface area contributed by atoms with Gasteiger partial charge in [0.15, 0.2) is 5.75 Å². The Morgan fingerprint density at radius 3 is 1.38 bits per heavy atom. The van der Waals surface area contributed by atoms with E-state index in [1.165, 1.54) is 63.6 Å². The van der Waals surface area contributed by atoms with Crippen LogP contribution in [0.1, 0.15) is 51.8 Å². The van der Waals surface area contributed by atoms with Crippen molar-refractivity contribution in [1.82, 2.24) is 0 Å². The van der Waals surface area contributed by atoms with Crippen LogP contribution in [0.3, 0.4) is 0 Å². The summed E-state index contributed by atoms with van der Waals surface area (Å²) in [6.07, 6.45) is -9.94. The number of anilines is 3. The monoisotopic (exact) mass is 763 g/mol. The molecule has 0 aliphatic rings. The Balaban J connectivity index is 0.000000401. The minimum atomic E-state index is -4.99. The van der Waals surface area contributed by atoms with Gasteiger partial charge in [-0.05, 0) is 66.7 Å². The molecular weight excluding hydrogens is 732 g/mol. The molecule has 21 heteroatoms. The Morgan fingerprint density at radius 1 is 0.604 bits per heavy atom. The number of carbonyl (C=O) groups excluding carboxylic acids is 6. The summed E-state index contributed by atoms with van der Waals surface area (Å²) in [6.45, 7) is 3.28. The number of rotatable bonds is 8. The Morgan fingerprint density at radius 2 is 1.02 bits per heavy atom. The first-order valence-corrected chi connectivity index (χ1v) is 14.2. The minimum Gasteiger partial charge on any atom is -0.465 e. The van der Waals surface area contributed by atoms with Gasteiger partial charge in [0, 0.05) is 20.8 Å². The van der Waals surface area contributed by atoms with Crippen LogP contribution in [0.5, 0.6) is 5.75 Å². The summed E-state index contributed by atoms with van der Waals surface area (Å²) in [6, 6.07) is 13.7. The minimum absolute atomic E-state index is 0.0844. The van der Waals surface area contributed by atoms with Crippen molar-refractivity contribution in [3.05, 3.63) is 83.4 Å². The molecule has 0 saturated carbocycles. The maximum Gasteiger partial charge on any atom is 0.573 e. The summed E-state index contributed by atoms with van der Waals surface area (Å²) in [5.74, 6) is -4.64. The molecule has 3 aromatic carbocycles. The molecule has 3 amide bonds. The first kappa shape index (κ1) is 44.8. The van der Waals surface area contributed by atoms with Gasteiger partial charge in [-0.2, -0.15) is 15.0 Å². The van der Waals surface area contributed by atoms with Gasteiger partial charge in [0.05, 0.1) is 55.1 Å². The van der Waals surface area contributed by atoms with Crippen LogP contribution in [-0.2, 0) is 33.4 Å². The fourth-order valence-corrected chi connectivity index (χ4v) is 3.56. The van der Waals surface area contributed by atoms with Crippen LogP contribution in [0.4, 0.5) is 43.4 Å². The van der Waals surface area contributed by atoms with Gasteiger partial charge in [0.2, 0.25) is 17.7 Å². The highest BCUT2D eigenvalue weighted by molar-refractivity contribution is 5.95. The highest BCUT2D eigenvalue weighted by atomic mass is 19.4. The van der Waals surface area contributed by atoms with Gasteiger partial charge in [0.25, 0.3) is 0 Å². The number of alkyl halides is 6. The standard InChI is InChI=1S/2C11H10F3NO4.C10H11NO4/c1-7(16)15(19-11(12,13)14)9-5-3-8(4-6-9)10(17)18-2;1-6(16)15-8-4-3-7(10(17)18-2)5-9(8)19-11(12,13)14;1-7(12)11(14)9-5-3-8(4-6-9)10(13)15-2/h3-6H,1-2H3;3-5H,1-2H3,(H,15,16);3-6,14H,1-2H3. The van der Waals surface area contributed by atoms with E-state index in [-0.39, 0.29) is 27.6 Å². The molecule has 0 fully saturated rings. The number of halogens is 6. The summed E-state index contributed by atoms with van der Waals surface area (Å²) in [5, 5.41) is 12.0. The van der Waals surface area contributed by atoms with Gasteiger partial charge in [0.1, 0.15) is 0 Å². The molecule has 0 aliphatic heterocycles. The van der Waals surface area contributed by atoms with E-state index in [1.807, 2.05) is 0 Å². The van der Waals surface area contributed by atoms with Gasteiger partial charge in [-0.15, -0.1) is 26.3 Å². The van der Waals surface area contributed by atoms with Crippen molar-refractivity contribution < 1.29 is 84.1 Å². The number of nitrogens with zero attached hydrogens (tertiary/aromatic N) is 2. The van der Waals surface area contributed by atoms with E-state index in [4.69, 9.17) is 0 Å². The third-order valence-corrected chi connectivity index (χ3v) is 5.77. The Hall–Kier alpha value is -6.22. The van der Waals surface area contributed by atoms with Crippen molar-refractivity contribution in [1.29, 1.82) is 0 Å². The lowest BCUT2D eigenvalue weighted by atomic mass is 10.2. The Bertz CT molecular complexity index is 1750. The predicted molar refractivity (Wildman–Crippen MR) is 170 cm³/mol. The molecule has 0 unspecified atom stereocenters. The molecule has 0 atom stereocenters. The SMILES string of the molecule is COC(=O)c1ccc(N(O)C(C)=O)cc1.COC(=O)c1ccc(N(OC(F)(F)F)C(C)=O)cc1.COC(=O)c1ccc(NC(C)=O)c(OC(F)(F)F)c1. The maximum atomic E-state index is 12.2. The van der Waals surface area contributed by atoms with Crippen LogP contribution >= 0.6 is 0 Å². The van der Waals surface area contributed by atoms with Crippen molar-refractivity contribution in [3.63, 3.8) is 0 Å². The molecule has 53 heavy (non-hydrogen) atoms. The summed E-state index contributed by atoms with van der Waals surface area (Å²) in [7, 11) is 3.55. The van der Waals surface area contributed by atoms with Crippen LogP contribution in [-0.4, -0.2) is 74.9 Å². The van der Waals surface area contributed by atoms with Crippen LogP contribution < -0.4 is 20.2 Å². The molecule has 0 heterocycles. The second-order valence-corrected chi connectivity index (χ2v) is 9.69. The van der Waals surface area contributed by atoms with E-state index < -0.39 is 54.1 Å². The normalized spacial score (nSPS) is 10.5. The second kappa shape index (κ2) is 20.0. The van der Waals surface area contributed by atoms with Crippen LogP contribution in [0, 0.1) is 0 Å². The number of esters is 3. The highest BCUT2D eigenvalue weighted by Gasteiger charge is 2.35. The van der Waals surface area contributed by atoms with Gasteiger partial charge in [-0.25, -0.2) is 14.4 Å². The number of nitrogens with one attached hydrogen (secondary N) is 1. The van der Waals surface area contributed by atoms with Crippen LogP contribution in [0.2, 0.25) is 0 Å². The van der Waals surface area contributed by atoms with E-state index in [9.17, 15) is 60.3 Å². The Labute approximate surface area is 296 Å². The number of benzene rings is 3. The fourth-order valence-electron chi connectivity index (χ4n) is 3.56. The Kier molecular flexibility index (Phi) is 16.9. The van der Waals surface area contributed by atoms with E-state index >= 15 is 0 Å². The van der Waals surface area contributed by atoms with Gasteiger partial charge < -0.3 is 24.3 Å². The highest BCUT2D eigenvalue weighted by Crippen LogP contribution is 2.31. The van der Waals surface area contributed by atoms with E-state index in [1.54, 1.807) is 0 Å². The van der Waals surface area contributed by atoms with Crippen molar-refractivity contribution in [2.45, 2.75) is 33.5 Å². The van der Waals surface area contributed by atoms with Gasteiger partial charge >= 0.3 is 30.6 Å². The lowest BCUT2D eigenvalue weighted by Crippen LogP contribution is -2.35. The molecule has 0 saturated heterocycles. The molecule has 0 aliphatic carbocycles. The fraction of sp³-hybridized carbons (Fsp3) is 0.250. The molecule has 0 spiro atoms. The topological polar surface area (TPSA) is 187 Å². The summed E-state index contributed by atoms with van der Waals surface area (Å²) in [4.78, 5) is 69.8. The van der Waals surface area contributed by atoms with Crippen molar-refractivity contribution in [2.24, 2.45) is 0 Å². The van der Waals surface area contributed by atoms with Gasteiger partial charge in [-0.3, -0.25) is 19.6 Å². The van der Waals surface area contributed by atoms with Crippen LogP contribution in [0.25, 0.3) is 0 Å². The number of carbonyl (C=O) groups is 6. The number of ether oxygens (including phenoxy) is 4. The predicted octanol–water partition coefficient (Wildman–Crippen LogP) is 5.82. The van der Waals surface area contributed by atoms with E-state index in [2.05, 4.69) is 29.1 Å². The largest absolute Gasteiger partial charge is 0.573 e. The molecule has 3 rings (SSSR count). The second-order valence-electron chi connectivity index (χ2n) is 9.69. The number of amides is 3. The molecule has 0 radical (unpaired) electrons. The van der Waals surface area contributed by atoms with Crippen LogP contribution in [0.15, 0.2) is 66.7 Å². The number of hydrogen-bond donors (Lipinski definition) is 2. The quantitative estimate of drug-likeness (QED) is 0.0922. The average Bonchev–Trinajstić information content (AvgIpc) is 3.09. The summed E-state index contributed by atoms with van der Waals surface area (Å²) >= 11 is 0. The molecule has 15 nitrogen and oxygen atoms in total. The third-order valence-electron chi connectivity index (χ3n) is 5.77. The first-order valence-electron chi connectivity index (χ1n) is 14.2. The molecule has 288 valence electrons. The number of methoxy groups -OCH3 is 3. The summed E-state index contributed by atoms with van der Waals surface area (Å²) in [5.41, 5.74) is 0.320. The molecule has 0 aromatic heterocycles. The zero-order chi connectivity index (χ0) is 40.7. The molecule has 2 N–H and O–H groups in total. The van der Waals surface area contributed by atoms with E-state index in [0.29, 0.717) is 16.3 Å². The molecule has 0 bridgehead atoms. The smallest absolute Gasteiger partial charge is 0.465 e. The first-order chi connectivity index (χ1) is 24.5. The zero-order valence-electron chi connectivity index (χ0n) is 28.5. The van der Waals surface area contributed by atoms with Gasteiger partial charge in [-0.1, -0.05) is 0 Å². The van der Waals surface area contributed by atoms with Crippen molar-refractivity contribution >= 4 is 52.7 Å².